The number of aliphatic hydroxyl groups is 1. The molecule has 2 amide bonds. The first-order chi connectivity index (χ1) is 26.8. The smallest absolute Gasteiger partial charge is 0.332 e. The number of methoxy groups -OCH3 is 1. The van der Waals surface area contributed by atoms with Crippen molar-refractivity contribution in [1.82, 2.24) is 39.2 Å². The summed E-state index contributed by atoms with van der Waals surface area (Å²) in [6.07, 6.45) is -0.560. The number of alkyl halides is 2. The predicted octanol–water partition coefficient (Wildman–Crippen LogP) is 4.86. The largest absolute Gasteiger partial charge is 0.481 e. The fraction of sp³-hybridized carbons (Fsp3) is 0.385. The summed E-state index contributed by atoms with van der Waals surface area (Å²) in [5, 5.41) is 16.0. The fourth-order valence-corrected chi connectivity index (χ4v) is 8.84. The van der Waals surface area contributed by atoms with Gasteiger partial charge in [-0.2, -0.15) is 0 Å². The normalized spacial score (nSPS) is 19.4. The van der Waals surface area contributed by atoms with E-state index in [1.54, 1.807) is 24.1 Å². The van der Waals surface area contributed by atoms with Gasteiger partial charge in [0.1, 0.15) is 11.2 Å². The van der Waals surface area contributed by atoms with Gasteiger partial charge in [-0.1, -0.05) is 41.9 Å². The first kappa shape index (κ1) is 37.5. The van der Waals surface area contributed by atoms with Crippen molar-refractivity contribution in [2.24, 2.45) is 14.1 Å². The molecule has 1 spiro atoms. The van der Waals surface area contributed by atoms with E-state index in [0.29, 0.717) is 58.6 Å². The molecule has 0 bridgehead atoms. The Balaban J connectivity index is 1.12. The highest BCUT2D eigenvalue weighted by Crippen LogP contribution is 2.46. The lowest BCUT2D eigenvalue weighted by molar-refractivity contribution is 0.141. The molecule has 5 heterocycles. The minimum atomic E-state index is -3.05. The molecular formula is C39H40ClF2N9O5. The molecular weight excluding hydrogens is 748 g/mol. The van der Waals surface area contributed by atoms with E-state index in [1.807, 2.05) is 31.2 Å². The van der Waals surface area contributed by atoms with Crippen molar-refractivity contribution in [2.75, 3.05) is 45.2 Å². The Bertz CT molecular complexity index is 2550. The van der Waals surface area contributed by atoms with Crippen LogP contribution in [0.25, 0.3) is 33.4 Å². The number of carbonyl (C=O) groups excluding carboxylic acids is 1. The molecule has 2 atom stereocenters. The SMILES string of the molecule is COc1nc(-c2cccc(-c3cccc(Nc4nc(C(F)F)nc5c4c(=O)n(C)c(=O)n5C)c3C)c2Cl)cc2c1[C@@H](N1CC[C@]3(CN(CCO)C(=O)N3)C1)CC2. The molecule has 0 radical (unpaired) electrons. The van der Waals surface area contributed by atoms with Crippen LogP contribution in [0.3, 0.4) is 0 Å². The Labute approximate surface area is 324 Å². The summed E-state index contributed by atoms with van der Waals surface area (Å²) in [5.74, 6) is -0.463. The average Bonchev–Trinajstić information content (AvgIpc) is 3.89. The van der Waals surface area contributed by atoms with Crippen LogP contribution in [0.15, 0.2) is 52.1 Å². The zero-order chi connectivity index (χ0) is 39.6. The molecule has 0 saturated carbocycles. The highest BCUT2D eigenvalue weighted by atomic mass is 35.5. The second-order valence-electron chi connectivity index (χ2n) is 14.6. The van der Waals surface area contributed by atoms with Gasteiger partial charge in [0.05, 0.1) is 30.0 Å². The molecule has 0 unspecified atom stereocenters. The van der Waals surface area contributed by atoms with E-state index in [0.717, 1.165) is 51.6 Å². The molecule has 292 valence electrons. The summed E-state index contributed by atoms with van der Waals surface area (Å²) in [5.41, 5.74) is 4.09. The van der Waals surface area contributed by atoms with E-state index in [1.165, 1.54) is 14.1 Å². The maximum Gasteiger partial charge on any atom is 0.332 e. The van der Waals surface area contributed by atoms with Crippen LogP contribution in [0.5, 0.6) is 5.88 Å². The third-order valence-corrected chi connectivity index (χ3v) is 11.7. The molecule has 3 aliphatic rings. The van der Waals surface area contributed by atoms with E-state index in [9.17, 15) is 28.3 Å². The number of aryl methyl sites for hydroxylation is 2. The van der Waals surface area contributed by atoms with E-state index in [2.05, 4.69) is 31.6 Å². The number of benzene rings is 2. The molecule has 2 aromatic carbocycles. The lowest BCUT2D eigenvalue weighted by Gasteiger charge is -2.28. The van der Waals surface area contributed by atoms with Gasteiger partial charge in [0, 0.05) is 68.7 Å². The molecule has 8 rings (SSSR count). The number of likely N-dealkylation sites (tertiary alicyclic amines) is 1. The molecule has 5 aromatic rings. The summed E-state index contributed by atoms with van der Waals surface area (Å²) in [6.45, 7) is 4.13. The number of carbonyl (C=O) groups is 1. The highest BCUT2D eigenvalue weighted by Gasteiger charge is 2.49. The lowest BCUT2D eigenvalue weighted by Crippen LogP contribution is -2.46. The van der Waals surface area contributed by atoms with Crippen LogP contribution in [0, 0.1) is 6.92 Å². The van der Waals surface area contributed by atoms with Crippen molar-refractivity contribution in [3.63, 3.8) is 0 Å². The molecule has 2 fully saturated rings. The number of rotatable bonds is 9. The Hall–Kier alpha value is -5.45. The zero-order valence-electron chi connectivity index (χ0n) is 31.2. The van der Waals surface area contributed by atoms with Crippen LogP contribution in [0.2, 0.25) is 5.02 Å². The number of fused-ring (bicyclic) bond motifs is 2. The second-order valence-corrected chi connectivity index (χ2v) is 15.0. The standard InChI is InChI=1S/C39H40ClF2N9O5/c1-20-22(7-6-10-25(20)43-32-29-34(46-33(45-32)31(41)42)48(2)38(55)49(3)36(29)53)23-8-5-9-24(30(23)40)26-17-21-11-12-27(28(21)35(44-26)56-4)50-14-13-39(18-50)19-51(15-16-52)37(54)47-39/h5-10,17,27,31,52H,11-16,18-19H2,1-4H3,(H,47,54)(H,43,45,46)/t27-,39+/m0/s1. The average molecular weight is 788 g/mol. The number of nitrogens with zero attached hydrogens (tertiary/aromatic N) is 7. The number of anilines is 2. The molecule has 3 N–H and O–H groups in total. The van der Waals surface area contributed by atoms with E-state index in [-0.39, 0.29) is 41.1 Å². The van der Waals surface area contributed by atoms with Crippen molar-refractivity contribution in [3.05, 3.63) is 90.8 Å². The number of β-amino-alcohol motifs (C(OH)–C–C–N with tert-alkyl or cyclic N) is 1. The monoisotopic (exact) mass is 787 g/mol. The van der Waals surface area contributed by atoms with Crippen LogP contribution in [0.4, 0.5) is 25.1 Å². The molecule has 2 saturated heterocycles. The van der Waals surface area contributed by atoms with Crippen LogP contribution in [-0.2, 0) is 20.5 Å². The molecule has 3 aromatic heterocycles. The Kier molecular flexibility index (Phi) is 9.53. The van der Waals surface area contributed by atoms with Gasteiger partial charge >= 0.3 is 11.7 Å². The molecule has 1 aliphatic carbocycles. The third-order valence-electron chi connectivity index (χ3n) is 11.3. The number of pyridine rings is 1. The van der Waals surface area contributed by atoms with Gasteiger partial charge < -0.3 is 25.4 Å². The number of urea groups is 1. The van der Waals surface area contributed by atoms with Crippen molar-refractivity contribution in [1.29, 1.82) is 0 Å². The predicted molar refractivity (Wildman–Crippen MR) is 207 cm³/mol. The minimum Gasteiger partial charge on any atom is -0.481 e. The molecule has 56 heavy (non-hydrogen) atoms. The fourth-order valence-electron chi connectivity index (χ4n) is 8.52. The van der Waals surface area contributed by atoms with Crippen LogP contribution >= 0.6 is 11.6 Å². The molecule has 2 aliphatic heterocycles. The van der Waals surface area contributed by atoms with Gasteiger partial charge in [0.25, 0.3) is 12.0 Å². The Morgan fingerprint density at radius 1 is 1.05 bits per heavy atom. The van der Waals surface area contributed by atoms with Gasteiger partial charge in [-0.25, -0.2) is 33.3 Å². The number of hydrogen-bond donors (Lipinski definition) is 3. The first-order valence-corrected chi connectivity index (χ1v) is 18.6. The quantitative estimate of drug-likeness (QED) is 0.189. The second kappa shape index (κ2) is 14.2. The number of aromatic nitrogens is 5. The topological polar surface area (TPSA) is 160 Å². The van der Waals surface area contributed by atoms with Gasteiger partial charge in [-0.3, -0.25) is 18.8 Å². The third kappa shape index (κ3) is 6.15. The molecule has 14 nitrogen and oxygen atoms in total. The summed E-state index contributed by atoms with van der Waals surface area (Å²) < 4.78 is 35.7. The Morgan fingerprint density at radius 2 is 1.80 bits per heavy atom. The van der Waals surface area contributed by atoms with E-state index in [4.69, 9.17) is 21.3 Å². The minimum absolute atomic E-state index is 0.0678. The zero-order valence-corrected chi connectivity index (χ0v) is 32.0. The van der Waals surface area contributed by atoms with Gasteiger partial charge in [0.15, 0.2) is 11.5 Å². The number of amides is 2. The molecule has 17 heteroatoms. The number of aliphatic hydroxyl groups excluding tert-OH is 1. The van der Waals surface area contributed by atoms with Gasteiger partial charge in [-0.05, 0) is 55.0 Å². The van der Waals surface area contributed by atoms with Gasteiger partial charge in [-0.15, -0.1) is 0 Å². The van der Waals surface area contributed by atoms with Crippen LogP contribution in [-0.4, -0.2) is 90.5 Å². The Morgan fingerprint density at radius 3 is 2.55 bits per heavy atom. The number of nitrogens with one attached hydrogen (secondary N) is 2. The number of hydrogen-bond acceptors (Lipinski definition) is 10. The van der Waals surface area contributed by atoms with Crippen molar-refractivity contribution in [2.45, 2.75) is 44.2 Å². The summed E-state index contributed by atoms with van der Waals surface area (Å²) in [7, 11) is 4.27. The maximum atomic E-state index is 14.0. The summed E-state index contributed by atoms with van der Waals surface area (Å²) in [4.78, 5) is 55.4. The number of ether oxygens (including phenoxy) is 1. The van der Waals surface area contributed by atoms with Gasteiger partial charge in [0.2, 0.25) is 5.88 Å². The van der Waals surface area contributed by atoms with Crippen molar-refractivity contribution >= 4 is 40.2 Å². The van der Waals surface area contributed by atoms with E-state index < -0.39 is 23.5 Å². The van der Waals surface area contributed by atoms with Crippen LogP contribution < -0.4 is 26.6 Å². The van der Waals surface area contributed by atoms with E-state index >= 15 is 0 Å². The highest BCUT2D eigenvalue weighted by molar-refractivity contribution is 6.36. The van der Waals surface area contributed by atoms with Crippen molar-refractivity contribution < 1.29 is 23.4 Å². The maximum absolute atomic E-state index is 14.0. The summed E-state index contributed by atoms with van der Waals surface area (Å²) in [6, 6.07) is 13.0. The first-order valence-electron chi connectivity index (χ1n) is 18.3. The lowest BCUT2D eigenvalue weighted by atomic mass is 9.96. The van der Waals surface area contributed by atoms with Crippen LogP contribution in [0.1, 0.15) is 47.8 Å². The summed E-state index contributed by atoms with van der Waals surface area (Å²) >= 11 is 7.22. The van der Waals surface area contributed by atoms with Crippen molar-refractivity contribution in [3.8, 4) is 28.3 Å². The number of halogens is 3.